The van der Waals surface area contributed by atoms with Crippen molar-refractivity contribution >= 4 is 11.3 Å². The number of benzene rings is 1. The van der Waals surface area contributed by atoms with Crippen molar-refractivity contribution < 1.29 is 5.11 Å². The van der Waals surface area contributed by atoms with Crippen LogP contribution >= 0.6 is 11.3 Å². The van der Waals surface area contributed by atoms with Gasteiger partial charge < -0.3 is 10.4 Å². The summed E-state index contributed by atoms with van der Waals surface area (Å²) >= 11 is 1.82. The summed E-state index contributed by atoms with van der Waals surface area (Å²) in [5, 5.41) is 12.7. The zero-order chi connectivity index (χ0) is 12.4. The Hall–Kier alpha value is -1.16. The van der Waals surface area contributed by atoms with Gasteiger partial charge >= 0.3 is 0 Å². The van der Waals surface area contributed by atoms with Gasteiger partial charge in [0.15, 0.2) is 0 Å². The van der Waals surface area contributed by atoms with Gasteiger partial charge in [0.1, 0.15) is 0 Å². The first-order valence-corrected chi connectivity index (χ1v) is 7.13. The van der Waals surface area contributed by atoms with Gasteiger partial charge in [0.2, 0.25) is 0 Å². The summed E-state index contributed by atoms with van der Waals surface area (Å²) in [5.41, 5.74) is 1.30. The van der Waals surface area contributed by atoms with Crippen LogP contribution in [-0.2, 0) is 6.54 Å². The van der Waals surface area contributed by atoms with Gasteiger partial charge in [-0.15, -0.1) is 11.3 Å². The van der Waals surface area contributed by atoms with E-state index in [0.29, 0.717) is 0 Å². The van der Waals surface area contributed by atoms with E-state index in [1.807, 2.05) is 17.4 Å². The number of hydrogen-bond acceptors (Lipinski definition) is 3. The molecule has 1 saturated carbocycles. The highest BCUT2D eigenvalue weighted by Gasteiger charge is 2.41. The first-order chi connectivity index (χ1) is 8.81. The van der Waals surface area contributed by atoms with Crippen LogP contribution in [0.4, 0.5) is 0 Å². The first kappa shape index (κ1) is 11.9. The molecule has 0 saturated heterocycles. The van der Waals surface area contributed by atoms with E-state index in [2.05, 4.69) is 41.7 Å². The molecule has 0 amide bonds. The lowest BCUT2D eigenvalue weighted by atomic mass is 10.2. The molecule has 0 radical (unpaired) electrons. The number of rotatable bonds is 5. The van der Waals surface area contributed by atoms with E-state index in [1.165, 1.54) is 15.3 Å². The quantitative estimate of drug-likeness (QED) is 0.865. The van der Waals surface area contributed by atoms with Crippen molar-refractivity contribution in [3.05, 3.63) is 47.3 Å². The second kappa shape index (κ2) is 4.84. The molecular formula is C15H17NOS. The van der Waals surface area contributed by atoms with Crippen LogP contribution in [0.15, 0.2) is 42.5 Å². The van der Waals surface area contributed by atoms with E-state index in [4.69, 9.17) is 0 Å². The number of nitrogens with one attached hydrogen (secondary N) is 1. The summed E-state index contributed by atoms with van der Waals surface area (Å²) < 4.78 is 0. The lowest BCUT2D eigenvalue weighted by Gasteiger charge is -2.12. The molecule has 1 fully saturated rings. The average molecular weight is 259 g/mol. The first-order valence-electron chi connectivity index (χ1n) is 6.31. The van der Waals surface area contributed by atoms with Crippen LogP contribution in [0.5, 0.6) is 0 Å². The van der Waals surface area contributed by atoms with Crippen molar-refractivity contribution in [2.75, 3.05) is 6.61 Å². The van der Waals surface area contributed by atoms with E-state index in [9.17, 15) is 5.11 Å². The Morgan fingerprint density at radius 1 is 1.11 bits per heavy atom. The smallest absolute Gasteiger partial charge is 0.0613 e. The largest absolute Gasteiger partial charge is 0.394 e. The lowest BCUT2D eigenvalue weighted by molar-refractivity contribution is 0.230. The molecule has 0 bridgehead atoms. The standard InChI is InChI=1S/C15H17NOS/c17-11-15(8-9-15)16-10-13-6-7-14(18-13)12-4-2-1-3-5-12/h1-7,16-17H,8-11H2. The molecule has 94 valence electrons. The molecule has 18 heavy (non-hydrogen) atoms. The van der Waals surface area contributed by atoms with E-state index in [0.717, 1.165) is 19.4 Å². The third-order valence-corrected chi connectivity index (χ3v) is 4.65. The Bertz CT molecular complexity index is 516. The monoisotopic (exact) mass is 259 g/mol. The highest BCUT2D eigenvalue weighted by atomic mass is 32.1. The molecule has 3 rings (SSSR count). The van der Waals surface area contributed by atoms with E-state index in [-0.39, 0.29) is 12.1 Å². The average Bonchev–Trinajstić information content (AvgIpc) is 3.07. The van der Waals surface area contributed by atoms with Crippen molar-refractivity contribution in [2.45, 2.75) is 24.9 Å². The van der Waals surface area contributed by atoms with Crippen molar-refractivity contribution in [1.82, 2.24) is 5.32 Å². The fourth-order valence-electron chi connectivity index (χ4n) is 2.05. The third-order valence-electron chi connectivity index (χ3n) is 3.51. The van der Waals surface area contributed by atoms with Gasteiger partial charge in [0.05, 0.1) is 6.61 Å². The van der Waals surface area contributed by atoms with Gasteiger partial charge in [-0.05, 0) is 30.5 Å². The van der Waals surface area contributed by atoms with Gasteiger partial charge in [0.25, 0.3) is 0 Å². The molecule has 1 aromatic heterocycles. The summed E-state index contributed by atoms with van der Waals surface area (Å²) in [6.45, 7) is 1.11. The molecule has 1 aliphatic carbocycles. The van der Waals surface area contributed by atoms with Crippen molar-refractivity contribution in [1.29, 1.82) is 0 Å². The lowest BCUT2D eigenvalue weighted by Crippen LogP contribution is -2.33. The Morgan fingerprint density at radius 2 is 1.89 bits per heavy atom. The number of thiophene rings is 1. The summed E-state index contributed by atoms with van der Waals surface area (Å²) in [5.74, 6) is 0. The zero-order valence-electron chi connectivity index (χ0n) is 10.2. The highest BCUT2D eigenvalue weighted by molar-refractivity contribution is 7.15. The molecule has 2 N–H and O–H groups in total. The van der Waals surface area contributed by atoms with Gasteiger partial charge in [-0.1, -0.05) is 30.3 Å². The molecule has 2 nitrogen and oxygen atoms in total. The summed E-state index contributed by atoms with van der Waals surface area (Å²) in [4.78, 5) is 2.63. The Balaban J connectivity index is 1.67. The summed E-state index contributed by atoms with van der Waals surface area (Å²) in [6, 6.07) is 14.8. The Morgan fingerprint density at radius 3 is 2.56 bits per heavy atom. The van der Waals surface area contributed by atoms with Gasteiger partial charge in [0, 0.05) is 21.8 Å². The van der Waals surface area contributed by atoms with Crippen LogP contribution in [0.3, 0.4) is 0 Å². The number of hydrogen-bond donors (Lipinski definition) is 2. The minimum atomic E-state index is 0.0247. The van der Waals surface area contributed by atoms with Crippen LogP contribution in [0.1, 0.15) is 17.7 Å². The second-order valence-corrected chi connectivity index (χ2v) is 6.09. The number of aliphatic hydroxyl groups is 1. The van der Waals surface area contributed by atoms with Crippen LogP contribution in [0.25, 0.3) is 10.4 Å². The topological polar surface area (TPSA) is 32.3 Å². The molecular weight excluding hydrogens is 242 g/mol. The molecule has 1 heterocycles. The van der Waals surface area contributed by atoms with Crippen molar-refractivity contribution in [3.63, 3.8) is 0 Å². The molecule has 3 heteroatoms. The van der Waals surface area contributed by atoms with Gasteiger partial charge in [-0.2, -0.15) is 0 Å². The molecule has 0 unspecified atom stereocenters. The minimum absolute atomic E-state index is 0.0247. The predicted octanol–water partition coefficient (Wildman–Crippen LogP) is 3.03. The minimum Gasteiger partial charge on any atom is -0.394 e. The third kappa shape index (κ3) is 2.48. The summed E-state index contributed by atoms with van der Waals surface area (Å²) in [7, 11) is 0. The zero-order valence-corrected chi connectivity index (χ0v) is 11.0. The van der Waals surface area contributed by atoms with Crippen molar-refractivity contribution in [2.24, 2.45) is 0 Å². The fourth-order valence-corrected chi connectivity index (χ4v) is 3.00. The maximum Gasteiger partial charge on any atom is 0.0613 e. The van der Waals surface area contributed by atoms with Crippen molar-refractivity contribution in [3.8, 4) is 10.4 Å². The SMILES string of the molecule is OCC1(NCc2ccc(-c3ccccc3)s2)CC1. The van der Waals surface area contributed by atoms with Crippen LogP contribution in [0, 0.1) is 0 Å². The molecule has 0 aliphatic heterocycles. The summed E-state index contributed by atoms with van der Waals surface area (Å²) in [6.07, 6.45) is 2.20. The fraction of sp³-hybridized carbons (Fsp3) is 0.333. The normalized spacial score (nSPS) is 16.7. The number of aliphatic hydroxyl groups excluding tert-OH is 1. The molecule has 2 aromatic rings. The maximum absolute atomic E-state index is 9.26. The molecule has 1 aliphatic rings. The highest BCUT2D eigenvalue weighted by Crippen LogP contribution is 2.35. The van der Waals surface area contributed by atoms with Crippen LogP contribution < -0.4 is 5.32 Å². The van der Waals surface area contributed by atoms with E-state index >= 15 is 0 Å². The van der Waals surface area contributed by atoms with Gasteiger partial charge in [-0.3, -0.25) is 0 Å². The second-order valence-electron chi connectivity index (χ2n) is 4.92. The van der Waals surface area contributed by atoms with E-state index in [1.54, 1.807) is 0 Å². The van der Waals surface area contributed by atoms with Gasteiger partial charge in [-0.25, -0.2) is 0 Å². The Labute approximate surface area is 111 Å². The Kier molecular flexibility index (Phi) is 3.20. The predicted molar refractivity (Wildman–Crippen MR) is 75.6 cm³/mol. The van der Waals surface area contributed by atoms with E-state index < -0.39 is 0 Å². The molecule has 0 atom stereocenters. The van der Waals surface area contributed by atoms with Crippen LogP contribution in [-0.4, -0.2) is 17.3 Å². The maximum atomic E-state index is 9.26. The molecule has 0 spiro atoms. The molecule has 1 aromatic carbocycles. The van der Waals surface area contributed by atoms with Crippen LogP contribution in [0.2, 0.25) is 0 Å².